The number of nitrogens with zero attached hydrogens (tertiary/aromatic N) is 3. The van der Waals surface area contributed by atoms with Crippen LogP contribution in [-0.4, -0.2) is 44.6 Å². The van der Waals surface area contributed by atoms with Gasteiger partial charge in [-0.2, -0.15) is 5.10 Å². The molecule has 1 saturated carbocycles. The van der Waals surface area contributed by atoms with Gasteiger partial charge in [-0.1, -0.05) is 54.6 Å². The molecule has 3 heterocycles. The minimum absolute atomic E-state index is 0.161. The van der Waals surface area contributed by atoms with Crippen molar-refractivity contribution >= 4 is 34.2 Å². The van der Waals surface area contributed by atoms with Crippen molar-refractivity contribution in [1.29, 1.82) is 0 Å². The van der Waals surface area contributed by atoms with Crippen molar-refractivity contribution in [2.24, 2.45) is 0 Å². The van der Waals surface area contributed by atoms with Gasteiger partial charge in [0.1, 0.15) is 6.61 Å². The van der Waals surface area contributed by atoms with Crippen molar-refractivity contribution in [3.05, 3.63) is 110 Å². The van der Waals surface area contributed by atoms with Gasteiger partial charge in [0.25, 0.3) is 17.4 Å². The van der Waals surface area contributed by atoms with E-state index in [0.717, 1.165) is 27.1 Å². The Morgan fingerprint density at radius 3 is 2.67 bits per heavy atom. The first-order valence-corrected chi connectivity index (χ1v) is 15.3. The molecule has 1 fully saturated rings. The summed E-state index contributed by atoms with van der Waals surface area (Å²) >= 11 is 1.48. The molecule has 6 rings (SSSR count). The van der Waals surface area contributed by atoms with E-state index in [9.17, 15) is 23.2 Å². The summed E-state index contributed by atoms with van der Waals surface area (Å²) in [5, 5.41) is 11.8. The topological polar surface area (TPSA) is 109 Å². The Hall–Kier alpha value is -4.84. The second kappa shape index (κ2) is 12.3. The molecule has 0 aliphatic heterocycles. The molecule has 12 heteroatoms. The second-order valence-electron chi connectivity index (χ2n) is 11.3. The van der Waals surface area contributed by atoms with Gasteiger partial charge in [0.05, 0.1) is 28.7 Å². The Kier molecular flexibility index (Phi) is 8.24. The van der Waals surface area contributed by atoms with Gasteiger partial charge in [-0.15, -0.1) is 11.3 Å². The van der Waals surface area contributed by atoms with Crippen LogP contribution in [0.1, 0.15) is 58.2 Å². The van der Waals surface area contributed by atoms with Crippen LogP contribution in [0.4, 0.5) is 13.6 Å². The number of carbonyl (C=O) groups excluding carboxylic acids is 2. The maximum absolute atomic E-state index is 13.6. The summed E-state index contributed by atoms with van der Waals surface area (Å²) in [5.74, 6) is -3.27. The Balaban J connectivity index is 1.15. The van der Waals surface area contributed by atoms with Crippen LogP contribution in [0.25, 0.3) is 22.0 Å². The van der Waals surface area contributed by atoms with E-state index >= 15 is 0 Å². The van der Waals surface area contributed by atoms with Gasteiger partial charge >= 0.3 is 6.09 Å². The van der Waals surface area contributed by atoms with Crippen LogP contribution in [0.2, 0.25) is 0 Å². The standard InChI is InChI=1S/C33H31F2N5O4S/c1-20(37-30(41)27-17-40(24-13-33(34,35)14-24)31(42)26-15-36-38-29(26)27)28-12-23(19-45-28)25-11-7-6-10-22(25)16-39(2)32(43)44-18-21-8-4-3-5-9-21/h3-12,15,17,19-20,24H,13-14,16,18H2,1-2H3,(H,36,38)(H,37,41)/t20-/m1/s1. The van der Waals surface area contributed by atoms with Gasteiger partial charge in [0, 0.05) is 43.5 Å². The number of carbonyl (C=O) groups is 2. The first kappa shape index (κ1) is 30.2. The third kappa shape index (κ3) is 6.37. The van der Waals surface area contributed by atoms with E-state index in [1.807, 2.05) is 73.0 Å². The monoisotopic (exact) mass is 631 g/mol. The molecule has 2 aromatic carbocycles. The van der Waals surface area contributed by atoms with Crippen LogP contribution in [0.3, 0.4) is 0 Å². The van der Waals surface area contributed by atoms with E-state index in [4.69, 9.17) is 4.74 Å². The maximum Gasteiger partial charge on any atom is 0.410 e. The second-order valence-corrected chi connectivity index (χ2v) is 12.3. The molecule has 2 N–H and O–H groups in total. The fourth-order valence-electron chi connectivity index (χ4n) is 5.48. The highest BCUT2D eigenvalue weighted by atomic mass is 32.1. The highest BCUT2D eigenvalue weighted by molar-refractivity contribution is 7.10. The quantitative estimate of drug-likeness (QED) is 0.189. The lowest BCUT2D eigenvalue weighted by Gasteiger charge is -2.36. The molecule has 0 saturated heterocycles. The molecule has 1 atom stereocenters. The number of pyridine rings is 1. The number of nitrogens with one attached hydrogen (secondary N) is 2. The van der Waals surface area contributed by atoms with Gasteiger partial charge in [-0.05, 0) is 40.6 Å². The van der Waals surface area contributed by atoms with Gasteiger partial charge < -0.3 is 19.5 Å². The number of thiophene rings is 1. The van der Waals surface area contributed by atoms with Gasteiger partial charge in [-0.3, -0.25) is 14.7 Å². The average molecular weight is 632 g/mol. The zero-order valence-electron chi connectivity index (χ0n) is 24.6. The lowest BCUT2D eigenvalue weighted by Crippen LogP contribution is -2.41. The average Bonchev–Trinajstić information content (AvgIpc) is 3.71. The number of benzene rings is 2. The smallest absolute Gasteiger partial charge is 0.410 e. The van der Waals surface area contributed by atoms with Crippen LogP contribution < -0.4 is 10.9 Å². The zero-order chi connectivity index (χ0) is 31.7. The SMILES string of the molecule is C[C@@H](NC(=O)c1cn(C2CC(F)(F)C2)c(=O)c2cn[nH]c12)c1cc(-c2ccccc2CN(C)C(=O)OCc2ccccc2)cs1. The molecule has 1 aliphatic carbocycles. The molecule has 232 valence electrons. The fraction of sp³-hybridized carbons (Fsp3) is 0.273. The van der Waals surface area contributed by atoms with E-state index in [0.29, 0.717) is 6.54 Å². The van der Waals surface area contributed by atoms with Crippen LogP contribution in [0.15, 0.2) is 83.2 Å². The van der Waals surface area contributed by atoms with Gasteiger partial charge in [0.15, 0.2) is 0 Å². The van der Waals surface area contributed by atoms with Crippen molar-refractivity contribution in [2.75, 3.05) is 7.05 Å². The van der Waals surface area contributed by atoms with Crippen LogP contribution >= 0.6 is 11.3 Å². The number of halogens is 2. The van der Waals surface area contributed by atoms with Crippen LogP contribution in [0.5, 0.6) is 0 Å². The lowest BCUT2D eigenvalue weighted by atomic mass is 9.87. The van der Waals surface area contributed by atoms with Crippen LogP contribution in [-0.2, 0) is 17.9 Å². The van der Waals surface area contributed by atoms with Crippen molar-refractivity contribution in [2.45, 2.75) is 50.9 Å². The van der Waals surface area contributed by atoms with Crippen LogP contribution in [0, 0.1) is 0 Å². The van der Waals surface area contributed by atoms with Gasteiger partial charge in [0.2, 0.25) is 0 Å². The molecular weight excluding hydrogens is 600 g/mol. The number of ether oxygens (including phenoxy) is 1. The van der Waals surface area contributed by atoms with E-state index < -0.39 is 48.4 Å². The van der Waals surface area contributed by atoms with Gasteiger partial charge in [-0.25, -0.2) is 13.6 Å². The Bertz CT molecular complexity index is 1910. The molecule has 0 bridgehead atoms. The fourth-order valence-corrected chi connectivity index (χ4v) is 6.40. The highest BCUT2D eigenvalue weighted by Crippen LogP contribution is 2.45. The third-order valence-electron chi connectivity index (χ3n) is 8.00. The van der Waals surface area contributed by atoms with E-state index in [-0.39, 0.29) is 23.1 Å². The number of rotatable bonds is 9. The third-order valence-corrected chi connectivity index (χ3v) is 9.11. The Morgan fingerprint density at radius 2 is 1.91 bits per heavy atom. The normalized spacial score (nSPS) is 14.9. The minimum atomic E-state index is -2.82. The first-order valence-electron chi connectivity index (χ1n) is 14.4. The molecule has 45 heavy (non-hydrogen) atoms. The maximum atomic E-state index is 13.6. The highest BCUT2D eigenvalue weighted by Gasteiger charge is 2.46. The number of aromatic nitrogens is 3. The summed E-state index contributed by atoms with van der Waals surface area (Å²) in [6.07, 6.45) is 1.34. The van der Waals surface area contributed by atoms with E-state index in [1.54, 1.807) is 7.05 Å². The predicted octanol–water partition coefficient (Wildman–Crippen LogP) is 6.68. The summed E-state index contributed by atoms with van der Waals surface area (Å²) in [6, 6.07) is 18.2. The van der Waals surface area contributed by atoms with E-state index in [2.05, 4.69) is 15.5 Å². The van der Waals surface area contributed by atoms with Crippen molar-refractivity contribution < 1.29 is 23.1 Å². The molecular formula is C33H31F2N5O4S. The molecule has 2 amide bonds. The number of fused-ring (bicyclic) bond motifs is 1. The molecule has 1 aliphatic rings. The number of alkyl halides is 2. The summed E-state index contributed by atoms with van der Waals surface area (Å²) in [7, 11) is 1.69. The minimum Gasteiger partial charge on any atom is -0.445 e. The lowest BCUT2D eigenvalue weighted by molar-refractivity contribution is -0.104. The number of hydrogen-bond donors (Lipinski definition) is 2. The zero-order valence-corrected chi connectivity index (χ0v) is 25.4. The summed E-state index contributed by atoms with van der Waals surface area (Å²) < 4.78 is 33.9. The molecule has 9 nitrogen and oxygen atoms in total. The van der Waals surface area contributed by atoms with E-state index in [1.165, 1.54) is 33.2 Å². The molecule has 5 aromatic rings. The molecule has 0 radical (unpaired) electrons. The number of aromatic amines is 1. The largest absolute Gasteiger partial charge is 0.445 e. The molecule has 3 aromatic heterocycles. The summed E-state index contributed by atoms with van der Waals surface area (Å²) in [4.78, 5) is 41.5. The molecule has 0 spiro atoms. The molecule has 0 unspecified atom stereocenters. The predicted molar refractivity (Wildman–Crippen MR) is 167 cm³/mol. The van der Waals surface area contributed by atoms with Crippen molar-refractivity contribution in [3.8, 4) is 11.1 Å². The number of H-pyrrole nitrogens is 1. The Labute approximate surface area is 261 Å². The summed E-state index contributed by atoms with van der Waals surface area (Å²) in [6.45, 7) is 2.37. The van der Waals surface area contributed by atoms with Crippen molar-refractivity contribution in [1.82, 2.24) is 25.0 Å². The Morgan fingerprint density at radius 1 is 1.18 bits per heavy atom. The first-order chi connectivity index (χ1) is 21.6. The van der Waals surface area contributed by atoms with Crippen molar-refractivity contribution in [3.63, 3.8) is 0 Å². The number of hydrogen-bond acceptors (Lipinski definition) is 6. The summed E-state index contributed by atoms with van der Waals surface area (Å²) in [5.41, 5.74) is 3.69. The number of amides is 2.